The summed E-state index contributed by atoms with van der Waals surface area (Å²) in [5.74, 6) is 0.0490. The highest BCUT2D eigenvalue weighted by Gasteiger charge is 2.22. The van der Waals surface area contributed by atoms with Gasteiger partial charge in [-0.2, -0.15) is 4.98 Å². The predicted molar refractivity (Wildman–Crippen MR) is 70.2 cm³/mol. The number of furan rings is 1. The number of ether oxygens (including phenoxy) is 1. The highest BCUT2D eigenvalue weighted by atomic mass is 35.5. The molecule has 0 amide bonds. The molecular weight excluding hydrogens is 293 g/mol. The monoisotopic (exact) mass is 301 g/mol. The van der Waals surface area contributed by atoms with Gasteiger partial charge in [-0.15, -0.1) is 0 Å². The Morgan fingerprint density at radius 3 is 2.74 bits per heavy atom. The number of anilines is 2. The number of hydrogen-bond donors (Lipinski definition) is 0. The summed E-state index contributed by atoms with van der Waals surface area (Å²) in [4.78, 5) is 20.8. The summed E-state index contributed by atoms with van der Waals surface area (Å²) in [6.45, 7) is 0. The number of carbonyl (C=O) groups excluding carboxylic acids is 1. The lowest BCUT2D eigenvalue weighted by molar-refractivity contribution is 0.0594. The molecule has 100 valence electrons. The van der Waals surface area contributed by atoms with Crippen LogP contribution >= 0.6 is 23.2 Å². The molecule has 0 aliphatic carbocycles. The summed E-state index contributed by atoms with van der Waals surface area (Å²) in [5.41, 5.74) is -0.0995. The maximum Gasteiger partial charge on any atom is 0.358 e. The molecule has 0 aromatic carbocycles. The molecule has 0 unspecified atom stereocenters. The van der Waals surface area contributed by atoms with Crippen LogP contribution in [0.1, 0.15) is 10.5 Å². The van der Waals surface area contributed by atoms with Gasteiger partial charge in [-0.3, -0.25) is 4.90 Å². The molecule has 8 heteroatoms. The van der Waals surface area contributed by atoms with Gasteiger partial charge in [-0.05, 0) is 17.7 Å². The van der Waals surface area contributed by atoms with Gasteiger partial charge in [0, 0.05) is 13.1 Å². The van der Waals surface area contributed by atoms with Crippen LogP contribution in [0.15, 0.2) is 22.8 Å². The van der Waals surface area contributed by atoms with Gasteiger partial charge in [0.2, 0.25) is 11.2 Å². The number of rotatable bonds is 3. The molecule has 2 aromatic rings. The van der Waals surface area contributed by atoms with Crippen molar-refractivity contribution in [3.8, 4) is 0 Å². The lowest BCUT2D eigenvalue weighted by atomic mass is 10.3. The quantitative estimate of drug-likeness (QED) is 0.641. The first kappa shape index (κ1) is 13.6. The smallest absolute Gasteiger partial charge is 0.358 e. The topological polar surface area (TPSA) is 68.5 Å². The maximum absolute atomic E-state index is 11.6. The van der Waals surface area contributed by atoms with Gasteiger partial charge >= 0.3 is 5.97 Å². The zero-order valence-electron chi connectivity index (χ0n) is 10.1. The predicted octanol–water partition coefficient (Wildman–Crippen LogP) is 2.93. The number of hydrogen-bond acceptors (Lipinski definition) is 6. The third kappa shape index (κ3) is 2.64. The van der Waals surface area contributed by atoms with Crippen LogP contribution in [0.5, 0.6) is 0 Å². The van der Waals surface area contributed by atoms with Crippen LogP contribution in [0.4, 0.5) is 11.7 Å². The molecule has 0 bridgehead atoms. The molecule has 19 heavy (non-hydrogen) atoms. The van der Waals surface area contributed by atoms with E-state index in [4.69, 9.17) is 27.6 Å². The molecule has 0 aliphatic rings. The first-order valence-corrected chi connectivity index (χ1v) is 5.88. The number of methoxy groups -OCH3 is 1. The van der Waals surface area contributed by atoms with Crippen LogP contribution in [0.2, 0.25) is 10.3 Å². The van der Waals surface area contributed by atoms with Crippen LogP contribution < -0.4 is 4.90 Å². The summed E-state index contributed by atoms with van der Waals surface area (Å²) in [7, 11) is 2.90. The highest BCUT2D eigenvalue weighted by Crippen LogP contribution is 2.32. The molecule has 2 rings (SSSR count). The standard InChI is InChI=1S/C11H9Cl2N3O3/c1-16(6-4-3-5-19-6)9-7(12)8(10(17)18-2)14-11(13)15-9/h3-5H,1-2H3. The van der Waals surface area contributed by atoms with Crippen molar-refractivity contribution < 1.29 is 13.9 Å². The summed E-state index contributed by atoms with van der Waals surface area (Å²) >= 11 is 11.9. The van der Waals surface area contributed by atoms with E-state index in [1.54, 1.807) is 24.1 Å². The molecule has 0 atom stereocenters. The van der Waals surface area contributed by atoms with Gasteiger partial charge < -0.3 is 9.15 Å². The second-order valence-electron chi connectivity index (χ2n) is 3.48. The van der Waals surface area contributed by atoms with Crippen molar-refractivity contribution in [2.24, 2.45) is 0 Å². The zero-order valence-corrected chi connectivity index (χ0v) is 11.6. The van der Waals surface area contributed by atoms with Crippen molar-refractivity contribution in [3.05, 3.63) is 34.4 Å². The van der Waals surface area contributed by atoms with Gasteiger partial charge in [0.1, 0.15) is 5.02 Å². The first-order chi connectivity index (χ1) is 9.04. The number of nitrogens with zero attached hydrogens (tertiary/aromatic N) is 3. The highest BCUT2D eigenvalue weighted by molar-refractivity contribution is 6.36. The summed E-state index contributed by atoms with van der Waals surface area (Å²) < 4.78 is 9.80. The fraction of sp³-hybridized carbons (Fsp3) is 0.182. The van der Waals surface area contributed by atoms with Gasteiger partial charge in [0.25, 0.3) is 0 Å². The van der Waals surface area contributed by atoms with Crippen molar-refractivity contribution in [2.75, 3.05) is 19.1 Å². The molecule has 0 radical (unpaired) electrons. The summed E-state index contributed by atoms with van der Waals surface area (Å²) in [6, 6.07) is 3.42. The van der Waals surface area contributed by atoms with Crippen LogP contribution in [-0.2, 0) is 4.74 Å². The van der Waals surface area contributed by atoms with Crippen LogP contribution in [0.25, 0.3) is 0 Å². The molecule has 0 saturated carbocycles. The van der Waals surface area contributed by atoms with E-state index in [1.165, 1.54) is 13.4 Å². The van der Waals surface area contributed by atoms with E-state index >= 15 is 0 Å². The average molecular weight is 302 g/mol. The van der Waals surface area contributed by atoms with Crippen molar-refractivity contribution in [1.29, 1.82) is 0 Å². The Labute approximate surface area is 118 Å². The minimum Gasteiger partial charge on any atom is -0.464 e. The second kappa shape index (κ2) is 5.46. The molecule has 2 heterocycles. The van der Waals surface area contributed by atoms with Gasteiger partial charge in [-0.25, -0.2) is 9.78 Å². The van der Waals surface area contributed by atoms with E-state index in [0.29, 0.717) is 5.88 Å². The maximum atomic E-state index is 11.6. The van der Waals surface area contributed by atoms with E-state index in [-0.39, 0.29) is 21.8 Å². The molecule has 0 aliphatic heterocycles. The van der Waals surface area contributed by atoms with E-state index in [1.807, 2.05) is 0 Å². The minimum absolute atomic E-state index is 0.0372. The van der Waals surface area contributed by atoms with Gasteiger partial charge in [-0.1, -0.05) is 11.6 Å². The third-order valence-electron chi connectivity index (χ3n) is 2.34. The Balaban J connectivity index is 2.52. The lowest BCUT2D eigenvalue weighted by Crippen LogP contribution is -2.15. The Morgan fingerprint density at radius 1 is 1.42 bits per heavy atom. The molecular formula is C11H9Cl2N3O3. The molecule has 2 aromatic heterocycles. The fourth-order valence-corrected chi connectivity index (χ4v) is 1.88. The Hall–Kier alpha value is -1.79. The average Bonchev–Trinajstić information content (AvgIpc) is 2.93. The third-order valence-corrected chi connectivity index (χ3v) is 2.86. The van der Waals surface area contributed by atoms with Crippen LogP contribution in [0.3, 0.4) is 0 Å². The largest absolute Gasteiger partial charge is 0.464 e. The van der Waals surface area contributed by atoms with Crippen molar-refractivity contribution in [1.82, 2.24) is 9.97 Å². The molecule has 0 fully saturated rings. The van der Waals surface area contributed by atoms with Crippen LogP contribution in [0, 0.1) is 0 Å². The second-order valence-corrected chi connectivity index (χ2v) is 4.20. The molecule has 0 saturated heterocycles. The van der Waals surface area contributed by atoms with E-state index in [0.717, 1.165) is 0 Å². The number of aromatic nitrogens is 2. The van der Waals surface area contributed by atoms with Crippen molar-refractivity contribution in [3.63, 3.8) is 0 Å². The number of halogens is 2. The summed E-state index contributed by atoms with van der Waals surface area (Å²) in [6.07, 6.45) is 1.50. The van der Waals surface area contributed by atoms with Crippen molar-refractivity contribution >= 4 is 40.9 Å². The molecule has 6 nitrogen and oxygen atoms in total. The van der Waals surface area contributed by atoms with E-state index in [2.05, 4.69) is 14.7 Å². The Kier molecular flexibility index (Phi) is 3.92. The Bertz CT molecular complexity index is 601. The number of carbonyl (C=O) groups is 1. The Morgan fingerprint density at radius 2 is 2.16 bits per heavy atom. The van der Waals surface area contributed by atoms with Crippen LogP contribution in [-0.4, -0.2) is 30.1 Å². The van der Waals surface area contributed by atoms with Gasteiger partial charge in [0.05, 0.1) is 13.4 Å². The number of esters is 1. The normalized spacial score (nSPS) is 10.3. The SMILES string of the molecule is COC(=O)c1nc(Cl)nc(N(C)c2ccco2)c1Cl. The van der Waals surface area contributed by atoms with E-state index < -0.39 is 5.97 Å². The summed E-state index contributed by atoms with van der Waals surface area (Å²) in [5, 5.41) is -0.0756. The van der Waals surface area contributed by atoms with E-state index in [9.17, 15) is 4.79 Å². The zero-order chi connectivity index (χ0) is 14.0. The first-order valence-electron chi connectivity index (χ1n) is 5.13. The fourth-order valence-electron chi connectivity index (χ4n) is 1.43. The lowest BCUT2D eigenvalue weighted by Gasteiger charge is -2.17. The minimum atomic E-state index is -0.691. The van der Waals surface area contributed by atoms with Gasteiger partial charge in [0.15, 0.2) is 11.5 Å². The molecule has 0 spiro atoms. The van der Waals surface area contributed by atoms with Crippen molar-refractivity contribution in [2.45, 2.75) is 0 Å². The molecule has 0 N–H and O–H groups in total.